The van der Waals surface area contributed by atoms with Crippen LogP contribution in [0.3, 0.4) is 0 Å². The Balaban J connectivity index is 1.79. The summed E-state index contributed by atoms with van der Waals surface area (Å²) in [6.07, 6.45) is 1.24. The highest BCUT2D eigenvalue weighted by molar-refractivity contribution is 5.45. The van der Waals surface area contributed by atoms with Crippen LogP contribution in [0.25, 0.3) is 0 Å². The molecule has 4 heteroatoms. The van der Waals surface area contributed by atoms with Crippen LogP contribution >= 0.6 is 0 Å². The van der Waals surface area contributed by atoms with Crippen molar-refractivity contribution < 1.29 is 9.47 Å². The van der Waals surface area contributed by atoms with Gasteiger partial charge in [0.05, 0.1) is 0 Å². The number of benzene rings is 1. The summed E-state index contributed by atoms with van der Waals surface area (Å²) in [5, 5.41) is 3.45. The third kappa shape index (κ3) is 2.42. The molecular formula is C15H22N2O2. The van der Waals surface area contributed by atoms with Gasteiger partial charge in [0.15, 0.2) is 11.5 Å². The van der Waals surface area contributed by atoms with Crippen molar-refractivity contribution in [1.82, 2.24) is 10.2 Å². The maximum atomic E-state index is 5.48. The average Bonchev–Trinajstić information content (AvgIpc) is 3.09. The third-order valence-electron chi connectivity index (χ3n) is 4.24. The standard InChI is InChI=1S/C15H22N2O2/c1-3-17(13-6-7-16-9-13)11(2)12-4-5-14-15(8-12)19-10-18-14/h4-5,8,11,13,16H,3,6-7,9-10H2,1-2H3. The fourth-order valence-corrected chi connectivity index (χ4v) is 3.14. The maximum Gasteiger partial charge on any atom is 0.231 e. The molecule has 1 N–H and O–H groups in total. The molecule has 1 saturated heterocycles. The van der Waals surface area contributed by atoms with E-state index in [-0.39, 0.29) is 0 Å². The normalized spacial score (nSPS) is 23.0. The van der Waals surface area contributed by atoms with Crippen LogP contribution in [-0.2, 0) is 0 Å². The number of nitrogens with one attached hydrogen (secondary N) is 1. The van der Waals surface area contributed by atoms with Crippen LogP contribution in [0.15, 0.2) is 18.2 Å². The van der Waals surface area contributed by atoms with Crippen molar-refractivity contribution in [1.29, 1.82) is 0 Å². The molecule has 0 aromatic heterocycles. The highest BCUT2D eigenvalue weighted by atomic mass is 16.7. The predicted molar refractivity (Wildman–Crippen MR) is 74.6 cm³/mol. The quantitative estimate of drug-likeness (QED) is 0.901. The first-order valence-electron chi connectivity index (χ1n) is 7.15. The maximum absolute atomic E-state index is 5.48. The van der Waals surface area contributed by atoms with Crippen molar-refractivity contribution in [3.05, 3.63) is 23.8 Å². The summed E-state index contributed by atoms with van der Waals surface area (Å²) in [4.78, 5) is 2.57. The lowest BCUT2D eigenvalue weighted by Crippen LogP contribution is -2.38. The van der Waals surface area contributed by atoms with E-state index in [2.05, 4.69) is 36.2 Å². The largest absolute Gasteiger partial charge is 0.454 e. The van der Waals surface area contributed by atoms with Crippen LogP contribution < -0.4 is 14.8 Å². The molecule has 1 aromatic carbocycles. The van der Waals surface area contributed by atoms with Gasteiger partial charge in [-0.2, -0.15) is 0 Å². The Morgan fingerprint density at radius 1 is 1.37 bits per heavy atom. The molecule has 4 nitrogen and oxygen atoms in total. The van der Waals surface area contributed by atoms with Gasteiger partial charge in [0.1, 0.15) is 0 Å². The van der Waals surface area contributed by atoms with Gasteiger partial charge in [0.2, 0.25) is 6.79 Å². The molecule has 2 aliphatic rings. The van der Waals surface area contributed by atoms with Crippen molar-refractivity contribution in [2.75, 3.05) is 26.4 Å². The van der Waals surface area contributed by atoms with E-state index in [1.807, 2.05) is 6.07 Å². The number of rotatable bonds is 4. The summed E-state index contributed by atoms with van der Waals surface area (Å²) in [5.74, 6) is 1.74. The Labute approximate surface area is 114 Å². The first-order chi connectivity index (χ1) is 9.29. The summed E-state index contributed by atoms with van der Waals surface area (Å²) in [6, 6.07) is 7.35. The van der Waals surface area contributed by atoms with Gasteiger partial charge in [-0.15, -0.1) is 0 Å². The van der Waals surface area contributed by atoms with E-state index in [9.17, 15) is 0 Å². The molecule has 3 rings (SSSR count). The molecule has 0 amide bonds. The monoisotopic (exact) mass is 262 g/mol. The molecule has 2 unspecified atom stereocenters. The van der Waals surface area contributed by atoms with Gasteiger partial charge in [-0.1, -0.05) is 13.0 Å². The lowest BCUT2D eigenvalue weighted by Gasteiger charge is -2.33. The van der Waals surface area contributed by atoms with E-state index in [1.165, 1.54) is 12.0 Å². The molecule has 104 valence electrons. The second-order valence-corrected chi connectivity index (χ2v) is 5.27. The zero-order chi connectivity index (χ0) is 13.2. The molecule has 1 fully saturated rings. The van der Waals surface area contributed by atoms with E-state index < -0.39 is 0 Å². The van der Waals surface area contributed by atoms with Crippen LogP contribution in [0, 0.1) is 0 Å². The third-order valence-corrected chi connectivity index (χ3v) is 4.24. The van der Waals surface area contributed by atoms with Crippen LogP contribution in [0.4, 0.5) is 0 Å². The van der Waals surface area contributed by atoms with E-state index in [0.717, 1.165) is 31.1 Å². The molecule has 0 bridgehead atoms. The SMILES string of the molecule is CCN(C1CCNC1)C(C)c1ccc2c(c1)OCO2. The smallest absolute Gasteiger partial charge is 0.231 e. The Hall–Kier alpha value is -1.26. The minimum Gasteiger partial charge on any atom is -0.454 e. The van der Waals surface area contributed by atoms with Crippen molar-refractivity contribution in [2.45, 2.75) is 32.4 Å². The Kier molecular flexibility index (Phi) is 3.62. The molecule has 0 spiro atoms. The van der Waals surface area contributed by atoms with Crippen LogP contribution in [-0.4, -0.2) is 37.4 Å². The molecule has 0 saturated carbocycles. The van der Waals surface area contributed by atoms with Crippen molar-refractivity contribution in [3.8, 4) is 11.5 Å². The van der Waals surface area contributed by atoms with E-state index in [0.29, 0.717) is 18.9 Å². The summed E-state index contributed by atoms with van der Waals surface area (Å²) < 4.78 is 10.8. The number of likely N-dealkylation sites (N-methyl/N-ethyl adjacent to an activating group) is 1. The number of ether oxygens (including phenoxy) is 2. The number of hydrogen-bond acceptors (Lipinski definition) is 4. The molecule has 2 atom stereocenters. The van der Waals surface area contributed by atoms with E-state index in [1.54, 1.807) is 0 Å². The molecule has 0 aliphatic carbocycles. The van der Waals surface area contributed by atoms with Crippen LogP contribution in [0.1, 0.15) is 31.9 Å². The van der Waals surface area contributed by atoms with Gasteiger partial charge in [-0.05, 0) is 44.1 Å². The van der Waals surface area contributed by atoms with Crippen molar-refractivity contribution >= 4 is 0 Å². The summed E-state index contributed by atoms with van der Waals surface area (Å²) in [6.45, 7) is 8.16. The molecule has 2 heterocycles. The van der Waals surface area contributed by atoms with E-state index >= 15 is 0 Å². The Morgan fingerprint density at radius 3 is 2.95 bits per heavy atom. The number of fused-ring (bicyclic) bond motifs is 1. The molecule has 2 aliphatic heterocycles. The molecule has 0 radical (unpaired) electrons. The topological polar surface area (TPSA) is 33.7 Å². The zero-order valence-corrected chi connectivity index (χ0v) is 11.7. The number of hydrogen-bond donors (Lipinski definition) is 1. The minimum atomic E-state index is 0.344. The van der Waals surface area contributed by atoms with Crippen LogP contribution in [0.2, 0.25) is 0 Å². The molecule has 19 heavy (non-hydrogen) atoms. The minimum absolute atomic E-state index is 0.344. The second kappa shape index (κ2) is 5.39. The Morgan fingerprint density at radius 2 is 2.21 bits per heavy atom. The average molecular weight is 262 g/mol. The highest BCUT2D eigenvalue weighted by Crippen LogP contribution is 2.36. The lowest BCUT2D eigenvalue weighted by atomic mass is 10.0. The van der Waals surface area contributed by atoms with Gasteiger partial charge in [0, 0.05) is 18.6 Å². The second-order valence-electron chi connectivity index (χ2n) is 5.27. The van der Waals surface area contributed by atoms with Crippen molar-refractivity contribution in [3.63, 3.8) is 0 Å². The summed E-state index contributed by atoms with van der Waals surface area (Å²) in [5.41, 5.74) is 1.30. The number of nitrogens with zero attached hydrogens (tertiary/aromatic N) is 1. The fourth-order valence-electron chi connectivity index (χ4n) is 3.14. The van der Waals surface area contributed by atoms with Crippen LogP contribution in [0.5, 0.6) is 11.5 Å². The van der Waals surface area contributed by atoms with Gasteiger partial charge in [-0.25, -0.2) is 0 Å². The fraction of sp³-hybridized carbons (Fsp3) is 0.600. The lowest BCUT2D eigenvalue weighted by molar-refractivity contribution is 0.162. The Bertz CT molecular complexity index is 444. The van der Waals surface area contributed by atoms with E-state index in [4.69, 9.17) is 9.47 Å². The summed E-state index contributed by atoms with van der Waals surface area (Å²) >= 11 is 0. The predicted octanol–water partition coefficient (Wildman–Crippen LogP) is 2.16. The first-order valence-corrected chi connectivity index (χ1v) is 7.15. The molecule has 1 aromatic rings. The van der Waals surface area contributed by atoms with Gasteiger partial charge in [-0.3, -0.25) is 4.90 Å². The first kappa shape index (κ1) is 12.8. The highest BCUT2D eigenvalue weighted by Gasteiger charge is 2.26. The summed E-state index contributed by atoms with van der Waals surface area (Å²) in [7, 11) is 0. The van der Waals surface area contributed by atoms with Gasteiger partial charge in [0.25, 0.3) is 0 Å². The van der Waals surface area contributed by atoms with Crippen molar-refractivity contribution in [2.24, 2.45) is 0 Å². The van der Waals surface area contributed by atoms with Gasteiger partial charge >= 0.3 is 0 Å². The zero-order valence-electron chi connectivity index (χ0n) is 11.7. The van der Waals surface area contributed by atoms with Gasteiger partial charge < -0.3 is 14.8 Å². The molecular weight excluding hydrogens is 240 g/mol.